The number of hydrogen-bond donors (Lipinski definition) is 3. The minimum absolute atomic E-state index is 0.0727. The standard InChI is InChI=1S/C24H42F3N3O.C2H6.CH4O/c1-19-17-21(31)13-16-30(19)15-8-6-4-5-7-14-28-23-12-10-20(18-29(2)3)9-11-22(23)24(25,26)27;2*1-2/h10,12,19-21,28,31H,4-9,11,13-18H2,1-3H3;1-2H3;2H,1H3. The van der Waals surface area contributed by atoms with Crippen LogP contribution in [0.15, 0.2) is 23.4 Å². The summed E-state index contributed by atoms with van der Waals surface area (Å²) in [6.07, 6.45) is 6.82. The lowest BCUT2D eigenvalue weighted by atomic mass is 10.0. The number of piperidine rings is 1. The summed E-state index contributed by atoms with van der Waals surface area (Å²) in [5.41, 5.74) is -0.152. The zero-order chi connectivity index (χ0) is 26.9. The van der Waals surface area contributed by atoms with Gasteiger partial charge in [-0.15, -0.1) is 0 Å². The first kappa shape index (κ1) is 33.9. The van der Waals surface area contributed by atoms with Crippen LogP contribution in [0.2, 0.25) is 0 Å². The van der Waals surface area contributed by atoms with Gasteiger partial charge in [-0.3, -0.25) is 0 Å². The van der Waals surface area contributed by atoms with Crippen LogP contribution in [-0.4, -0.2) is 85.7 Å². The fourth-order valence-corrected chi connectivity index (χ4v) is 4.70. The second-order valence-electron chi connectivity index (χ2n) is 9.57. The number of halogens is 3. The van der Waals surface area contributed by atoms with Gasteiger partial charge in [0, 0.05) is 38.5 Å². The zero-order valence-electron chi connectivity index (χ0n) is 23.0. The summed E-state index contributed by atoms with van der Waals surface area (Å²) in [6, 6.07) is 0.453. The molecular formula is C27H52F3N3O2. The highest BCUT2D eigenvalue weighted by molar-refractivity contribution is 5.30. The van der Waals surface area contributed by atoms with Crippen molar-refractivity contribution < 1.29 is 23.4 Å². The van der Waals surface area contributed by atoms with Gasteiger partial charge in [0.15, 0.2) is 0 Å². The molecule has 1 fully saturated rings. The highest BCUT2D eigenvalue weighted by atomic mass is 19.4. The maximum absolute atomic E-state index is 13.5. The van der Waals surface area contributed by atoms with Crippen molar-refractivity contribution in [3.8, 4) is 0 Å². The number of likely N-dealkylation sites (tertiary alicyclic amines) is 1. The molecule has 208 valence electrons. The summed E-state index contributed by atoms with van der Waals surface area (Å²) in [5.74, 6) is 0.150. The van der Waals surface area contributed by atoms with Crippen molar-refractivity contribution in [3.05, 3.63) is 23.4 Å². The third-order valence-electron chi connectivity index (χ3n) is 6.49. The van der Waals surface area contributed by atoms with Crippen molar-refractivity contribution >= 4 is 0 Å². The molecule has 3 atom stereocenters. The number of nitrogens with zero attached hydrogens (tertiary/aromatic N) is 2. The lowest BCUT2D eigenvalue weighted by Gasteiger charge is -2.35. The number of aliphatic hydroxyl groups excluding tert-OH is 2. The molecule has 0 amide bonds. The van der Waals surface area contributed by atoms with Gasteiger partial charge in [0.05, 0.1) is 11.7 Å². The Bertz CT molecular complexity index is 595. The highest BCUT2D eigenvalue weighted by Crippen LogP contribution is 2.34. The third kappa shape index (κ3) is 14.3. The Kier molecular flexibility index (Phi) is 18.5. The van der Waals surface area contributed by atoms with Crippen LogP contribution in [0.4, 0.5) is 13.2 Å². The molecule has 0 bridgehead atoms. The van der Waals surface area contributed by atoms with Gasteiger partial charge in [0.1, 0.15) is 0 Å². The topological polar surface area (TPSA) is 59.0 Å². The van der Waals surface area contributed by atoms with Gasteiger partial charge >= 0.3 is 6.18 Å². The monoisotopic (exact) mass is 507 g/mol. The molecule has 5 nitrogen and oxygen atoms in total. The minimum atomic E-state index is -4.28. The number of hydrogen-bond acceptors (Lipinski definition) is 5. The summed E-state index contributed by atoms with van der Waals surface area (Å²) in [7, 11) is 4.90. The number of alkyl halides is 3. The normalized spacial score (nSPS) is 23.3. The number of allylic oxidation sites excluding steroid dienone is 2. The van der Waals surface area contributed by atoms with Crippen molar-refractivity contribution in [2.75, 3.05) is 47.4 Å². The number of nitrogens with one attached hydrogen (secondary N) is 1. The zero-order valence-corrected chi connectivity index (χ0v) is 23.0. The van der Waals surface area contributed by atoms with E-state index in [0.29, 0.717) is 19.0 Å². The van der Waals surface area contributed by atoms with Crippen molar-refractivity contribution in [2.45, 2.75) is 96.9 Å². The van der Waals surface area contributed by atoms with E-state index >= 15 is 0 Å². The van der Waals surface area contributed by atoms with Crippen LogP contribution in [0.25, 0.3) is 0 Å². The van der Waals surface area contributed by atoms with Crippen molar-refractivity contribution in [3.63, 3.8) is 0 Å². The SMILES string of the molecule is CC.CC1CC(O)CCN1CCCCCCCNC1=C(C(F)(F)F)CCC(CN(C)C)C=C1.CO. The Hall–Kier alpha value is -1.09. The molecule has 0 saturated carbocycles. The van der Waals surface area contributed by atoms with Crippen LogP contribution in [0, 0.1) is 5.92 Å². The van der Waals surface area contributed by atoms with Crippen LogP contribution in [-0.2, 0) is 0 Å². The quantitative estimate of drug-likeness (QED) is 0.329. The predicted molar refractivity (Wildman–Crippen MR) is 140 cm³/mol. The van der Waals surface area contributed by atoms with Gasteiger partial charge in [-0.1, -0.05) is 39.2 Å². The molecule has 8 heteroatoms. The Morgan fingerprint density at radius 2 is 1.69 bits per heavy atom. The summed E-state index contributed by atoms with van der Waals surface area (Å²) < 4.78 is 40.6. The van der Waals surface area contributed by atoms with Gasteiger partial charge in [-0.25, -0.2) is 0 Å². The van der Waals surface area contributed by atoms with Crippen LogP contribution < -0.4 is 5.32 Å². The maximum Gasteiger partial charge on any atom is 0.414 e. The fraction of sp³-hybridized carbons (Fsp3) is 0.852. The molecule has 0 radical (unpaired) electrons. The first-order valence-corrected chi connectivity index (χ1v) is 13.4. The van der Waals surface area contributed by atoms with Crippen molar-refractivity contribution in [1.82, 2.24) is 15.1 Å². The molecular weight excluding hydrogens is 455 g/mol. The largest absolute Gasteiger partial charge is 0.414 e. The summed E-state index contributed by atoms with van der Waals surface area (Å²) in [4.78, 5) is 4.48. The second kappa shape index (κ2) is 19.1. The van der Waals surface area contributed by atoms with E-state index in [0.717, 1.165) is 71.7 Å². The van der Waals surface area contributed by atoms with Gasteiger partial charge in [-0.2, -0.15) is 13.2 Å². The first-order chi connectivity index (χ1) is 16.7. The van der Waals surface area contributed by atoms with Gasteiger partial charge < -0.3 is 25.3 Å². The smallest absolute Gasteiger partial charge is 0.400 e. The maximum atomic E-state index is 13.5. The Balaban J connectivity index is 0.00000274. The van der Waals surface area contributed by atoms with Gasteiger partial charge in [0.2, 0.25) is 0 Å². The van der Waals surface area contributed by atoms with E-state index in [1.807, 2.05) is 38.9 Å². The molecule has 0 spiro atoms. The summed E-state index contributed by atoms with van der Waals surface area (Å²) in [6.45, 7) is 9.59. The average Bonchev–Trinajstić information content (AvgIpc) is 3.01. The van der Waals surface area contributed by atoms with Gasteiger partial charge in [0.25, 0.3) is 0 Å². The van der Waals surface area contributed by atoms with E-state index in [2.05, 4.69) is 17.1 Å². The molecule has 1 saturated heterocycles. The van der Waals surface area contributed by atoms with Crippen LogP contribution >= 0.6 is 0 Å². The number of unbranched alkanes of at least 4 members (excludes halogenated alkanes) is 4. The van der Waals surface area contributed by atoms with Crippen LogP contribution in [0.1, 0.15) is 78.6 Å². The van der Waals surface area contributed by atoms with E-state index in [1.54, 1.807) is 6.08 Å². The first-order valence-electron chi connectivity index (χ1n) is 13.4. The lowest BCUT2D eigenvalue weighted by molar-refractivity contribution is -0.0952. The van der Waals surface area contributed by atoms with Gasteiger partial charge in [-0.05, 0) is 78.1 Å². The van der Waals surface area contributed by atoms with Crippen molar-refractivity contribution in [2.24, 2.45) is 5.92 Å². The number of aliphatic hydroxyl groups is 2. The molecule has 1 aliphatic carbocycles. The van der Waals surface area contributed by atoms with Crippen LogP contribution in [0.5, 0.6) is 0 Å². The highest BCUT2D eigenvalue weighted by Gasteiger charge is 2.36. The molecule has 1 heterocycles. The minimum Gasteiger partial charge on any atom is -0.400 e. The van der Waals surface area contributed by atoms with E-state index in [4.69, 9.17) is 5.11 Å². The van der Waals surface area contributed by atoms with E-state index in [1.165, 1.54) is 0 Å². The Labute approximate surface area is 212 Å². The third-order valence-corrected chi connectivity index (χ3v) is 6.49. The molecule has 3 unspecified atom stereocenters. The average molecular weight is 508 g/mol. The van der Waals surface area contributed by atoms with E-state index in [-0.39, 0.29) is 24.1 Å². The van der Waals surface area contributed by atoms with Crippen molar-refractivity contribution in [1.29, 1.82) is 0 Å². The Morgan fingerprint density at radius 1 is 1.06 bits per heavy atom. The lowest BCUT2D eigenvalue weighted by Crippen LogP contribution is -2.42. The molecule has 0 aromatic rings. The Morgan fingerprint density at radius 3 is 2.29 bits per heavy atom. The molecule has 2 aliphatic rings. The molecule has 1 aliphatic heterocycles. The number of rotatable bonds is 11. The summed E-state index contributed by atoms with van der Waals surface area (Å²) in [5, 5.41) is 19.8. The summed E-state index contributed by atoms with van der Waals surface area (Å²) >= 11 is 0. The molecule has 0 aromatic heterocycles. The van der Waals surface area contributed by atoms with Crippen LogP contribution in [0.3, 0.4) is 0 Å². The molecule has 35 heavy (non-hydrogen) atoms. The second-order valence-corrected chi connectivity index (χ2v) is 9.57. The molecule has 2 rings (SSSR count). The van der Waals surface area contributed by atoms with E-state index < -0.39 is 11.7 Å². The predicted octanol–water partition coefficient (Wildman–Crippen LogP) is 5.35. The molecule has 0 aromatic carbocycles. The van der Waals surface area contributed by atoms with E-state index in [9.17, 15) is 18.3 Å². The fourth-order valence-electron chi connectivity index (χ4n) is 4.70. The molecule has 3 N–H and O–H groups in total.